The van der Waals surface area contributed by atoms with Gasteiger partial charge in [-0.05, 0) is 37.8 Å². The molecule has 1 fully saturated rings. The third kappa shape index (κ3) is 3.35. The number of carbonyl (C=O) groups is 1. The smallest absolute Gasteiger partial charge is 0.300 e. The van der Waals surface area contributed by atoms with Gasteiger partial charge in [0.2, 0.25) is 0 Å². The predicted octanol–water partition coefficient (Wildman–Crippen LogP) is 4.04. The van der Waals surface area contributed by atoms with Crippen molar-refractivity contribution in [1.82, 2.24) is 4.90 Å². The summed E-state index contributed by atoms with van der Waals surface area (Å²) in [6, 6.07) is 4.69. The fourth-order valence-corrected chi connectivity index (χ4v) is 3.17. The van der Waals surface area contributed by atoms with Crippen LogP contribution in [-0.2, 0) is 0 Å². The third-order valence-corrected chi connectivity index (χ3v) is 4.21. The van der Waals surface area contributed by atoms with Crippen molar-refractivity contribution >= 4 is 23.2 Å². The van der Waals surface area contributed by atoms with E-state index in [1.807, 2.05) is 0 Å². The second kappa shape index (κ2) is 6.89. The lowest BCUT2D eigenvalue weighted by molar-refractivity contribution is -0.385. The Balaban J connectivity index is 2.34. The molecular formula is C15H19ClN2O3. The van der Waals surface area contributed by atoms with Gasteiger partial charge >= 0.3 is 5.69 Å². The lowest BCUT2D eigenvalue weighted by Gasteiger charge is -2.35. The second-order valence-electron chi connectivity index (χ2n) is 5.33. The number of nitro benzene ring substituents is 1. The van der Waals surface area contributed by atoms with Crippen molar-refractivity contribution in [3.63, 3.8) is 0 Å². The number of nitrogens with zero attached hydrogens (tertiary/aromatic N) is 2. The van der Waals surface area contributed by atoms with Gasteiger partial charge in [-0.1, -0.05) is 31.0 Å². The SMILES string of the molecule is CCCC1CCCCN1C(=O)c1cccc(Cl)c1[N+](=O)[O-]. The van der Waals surface area contributed by atoms with E-state index in [2.05, 4.69) is 6.92 Å². The highest BCUT2D eigenvalue weighted by molar-refractivity contribution is 6.33. The van der Waals surface area contributed by atoms with Crippen LogP contribution < -0.4 is 0 Å². The molecule has 0 bridgehead atoms. The average molecular weight is 311 g/mol. The molecule has 6 heteroatoms. The molecule has 21 heavy (non-hydrogen) atoms. The number of likely N-dealkylation sites (tertiary alicyclic amines) is 1. The molecule has 2 rings (SSSR count). The summed E-state index contributed by atoms with van der Waals surface area (Å²) in [7, 11) is 0. The summed E-state index contributed by atoms with van der Waals surface area (Å²) in [6.45, 7) is 2.74. The summed E-state index contributed by atoms with van der Waals surface area (Å²) in [4.78, 5) is 25.1. The highest BCUT2D eigenvalue weighted by atomic mass is 35.5. The van der Waals surface area contributed by atoms with Gasteiger partial charge in [-0.3, -0.25) is 14.9 Å². The number of hydrogen-bond acceptors (Lipinski definition) is 3. The molecule has 0 saturated carbocycles. The average Bonchev–Trinajstić information content (AvgIpc) is 2.47. The van der Waals surface area contributed by atoms with Gasteiger partial charge in [-0.2, -0.15) is 0 Å². The summed E-state index contributed by atoms with van der Waals surface area (Å²) in [5, 5.41) is 11.2. The van der Waals surface area contributed by atoms with E-state index in [1.54, 1.807) is 11.0 Å². The summed E-state index contributed by atoms with van der Waals surface area (Å²) in [5.74, 6) is -0.276. The zero-order chi connectivity index (χ0) is 15.4. The molecule has 1 amide bonds. The van der Waals surface area contributed by atoms with E-state index in [9.17, 15) is 14.9 Å². The first-order valence-corrected chi connectivity index (χ1v) is 7.68. The van der Waals surface area contributed by atoms with Crippen molar-refractivity contribution in [3.8, 4) is 0 Å². The van der Waals surface area contributed by atoms with Crippen molar-refractivity contribution in [2.75, 3.05) is 6.54 Å². The van der Waals surface area contributed by atoms with Crippen LogP contribution in [0.5, 0.6) is 0 Å². The van der Waals surface area contributed by atoms with E-state index in [0.29, 0.717) is 6.54 Å². The minimum Gasteiger partial charge on any atom is -0.335 e. The van der Waals surface area contributed by atoms with Crippen LogP contribution in [-0.4, -0.2) is 28.3 Å². The largest absolute Gasteiger partial charge is 0.335 e. The van der Waals surface area contributed by atoms with Crippen LogP contribution in [0.1, 0.15) is 49.4 Å². The molecule has 1 aliphatic heterocycles. The van der Waals surface area contributed by atoms with Crippen LogP contribution in [0, 0.1) is 10.1 Å². The lowest BCUT2D eigenvalue weighted by atomic mass is 9.97. The Bertz CT molecular complexity index is 546. The first kappa shape index (κ1) is 15.8. The number of halogens is 1. The number of nitro groups is 1. The zero-order valence-electron chi connectivity index (χ0n) is 12.0. The Morgan fingerprint density at radius 2 is 2.24 bits per heavy atom. The number of piperidine rings is 1. The van der Waals surface area contributed by atoms with E-state index < -0.39 is 4.92 Å². The maximum Gasteiger partial charge on any atom is 0.300 e. The Morgan fingerprint density at radius 3 is 2.90 bits per heavy atom. The van der Waals surface area contributed by atoms with E-state index >= 15 is 0 Å². The predicted molar refractivity (Wildman–Crippen MR) is 81.7 cm³/mol. The fraction of sp³-hybridized carbons (Fsp3) is 0.533. The Morgan fingerprint density at radius 1 is 1.48 bits per heavy atom. The van der Waals surface area contributed by atoms with E-state index in [-0.39, 0.29) is 28.2 Å². The summed E-state index contributed by atoms with van der Waals surface area (Å²) in [6.07, 6.45) is 4.94. The summed E-state index contributed by atoms with van der Waals surface area (Å²) in [5.41, 5.74) is -0.194. The Labute approximate surface area is 129 Å². The number of carbonyl (C=O) groups excluding carboxylic acids is 1. The molecule has 0 aromatic heterocycles. The van der Waals surface area contributed by atoms with Crippen LogP contribution >= 0.6 is 11.6 Å². The van der Waals surface area contributed by atoms with Crippen LogP contribution in [0.3, 0.4) is 0 Å². The molecule has 1 aliphatic rings. The maximum atomic E-state index is 12.7. The molecule has 5 nitrogen and oxygen atoms in total. The quantitative estimate of drug-likeness (QED) is 0.622. The third-order valence-electron chi connectivity index (χ3n) is 3.91. The van der Waals surface area contributed by atoms with Gasteiger partial charge in [-0.15, -0.1) is 0 Å². The molecule has 1 saturated heterocycles. The molecule has 1 heterocycles. The number of benzene rings is 1. The molecule has 0 N–H and O–H groups in total. The molecular weight excluding hydrogens is 292 g/mol. The van der Waals surface area contributed by atoms with Crippen molar-refractivity contribution in [2.45, 2.75) is 45.1 Å². The fourth-order valence-electron chi connectivity index (χ4n) is 2.93. The monoisotopic (exact) mass is 310 g/mol. The van der Waals surface area contributed by atoms with Gasteiger partial charge in [-0.25, -0.2) is 0 Å². The Kier molecular flexibility index (Phi) is 5.17. The van der Waals surface area contributed by atoms with Gasteiger partial charge in [0.05, 0.1) is 4.92 Å². The van der Waals surface area contributed by atoms with Crippen LogP contribution in [0.2, 0.25) is 5.02 Å². The topological polar surface area (TPSA) is 63.5 Å². The first-order valence-electron chi connectivity index (χ1n) is 7.30. The van der Waals surface area contributed by atoms with E-state index in [4.69, 9.17) is 11.6 Å². The number of amides is 1. The van der Waals surface area contributed by atoms with Crippen LogP contribution in [0.15, 0.2) is 18.2 Å². The molecule has 0 radical (unpaired) electrons. The molecule has 1 aromatic carbocycles. The van der Waals surface area contributed by atoms with Crippen molar-refractivity contribution in [2.24, 2.45) is 0 Å². The number of rotatable bonds is 4. The highest BCUT2D eigenvalue weighted by Gasteiger charge is 2.32. The molecule has 1 atom stereocenters. The highest BCUT2D eigenvalue weighted by Crippen LogP contribution is 2.31. The molecule has 114 valence electrons. The number of hydrogen-bond donors (Lipinski definition) is 0. The lowest BCUT2D eigenvalue weighted by Crippen LogP contribution is -2.43. The molecule has 1 unspecified atom stereocenters. The van der Waals surface area contributed by atoms with Crippen LogP contribution in [0.4, 0.5) is 5.69 Å². The maximum absolute atomic E-state index is 12.7. The molecule has 0 spiro atoms. The molecule has 1 aromatic rings. The minimum absolute atomic E-state index is 0.00917. The van der Waals surface area contributed by atoms with E-state index in [1.165, 1.54) is 12.1 Å². The van der Waals surface area contributed by atoms with Crippen molar-refractivity contribution < 1.29 is 9.72 Å². The zero-order valence-corrected chi connectivity index (χ0v) is 12.8. The van der Waals surface area contributed by atoms with Gasteiger partial charge in [0.15, 0.2) is 0 Å². The van der Waals surface area contributed by atoms with Crippen LogP contribution in [0.25, 0.3) is 0 Å². The van der Waals surface area contributed by atoms with Crippen molar-refractivity contribution in [1.29, 1.82) is 0 Å². The normalized spacial score (nSPS) is 18.6. The first-order chi connectivity index (χ1) is 10.1. The minimum atomic E-state index is -0.575. The van der Waals surface area contributed by atoms with Gasteiger partial charge in [0.25, 0.3) is 5.91 Å². The second-order valence-corrected chi connectivity index (χ2v) is 5.74. The number of para-hydroxylation sites is 1. The molecule has 0 aliphatic carbocycles. The van der Waals surface area contributed by atoms with E-state index in [0.717, 1.165) is 32.1 Å². The van der Waals surface area contributed by atoms with Crippen molar-refractivity contribution in [3.05, 3.63) is 38.9 Å². The van der Waals surface area contributed by atoms with Gasteiger partial charge in [0.1, 0.15) is 10.6 Å². The van der Waals surface area contributed by atoms with Gasteiger partial charge < -0.3 is 4.90 Å². The Hall–Kier alpha value is -1.62. The summed E-state index contributed by atoms with van der Waals surface area (Å²) >= 11 is 5.89. The van der Waals surface area contributed by atoms with Gasteiger partial charge in [0, 0.05) is 12.6 Å². The standard InChI is InChI=1S/C15H19ClN2O3/c1-2-6-11-7-3-4-10-17(11)15(19)12-8-5-9-13(16)14(12)18(20)21/h5,8-9,11H,2-4,6-7,10H2,1H3. The summed E-state index contributed by atoms with van der Waals surface area (Å²) < 4.78 is 0.